The lowest BCUT2D eigenvalue weighted by atomic mass is 9.90. The number of ketones is 1. The summed E-state index contributed by atoms with van der Waals surface area (Å²) >= 11 is 0. The van der Waals surface area contributed by atoms with E-state index in [0.717, 1.165) is 55.4 Å². The number of carbonyl (C=O) groups excluding carboxylic acids is 2. The molecular formula is C30H41N7O2. The highest BCUT2D eigenvalue weighted by Crippen LogP contribution is 2.29. The average molecular weight is 532 g/mol. The van der Waals surface area contributed by atoms with E-state index in [1.807, 2.05) is 24.3 Å². The molecule has 9 heteroatoms. The van der Waals surface area contributed by atoms with Gasteiger partial charge < -0.3 is 20.9 Å². The molecule has 3 heterocycles. The number of aromatic nitrogens is 3. The monoisotopic (exact) mass is 531 g/mol. The van der Waals surface area contributed by atoms with E-state index in [4.69, 9.17) is 10.7 Å². The molecule has 1 fully saturated rings. The van der Waals surface area contributed by atoms with Gasteiger partial charge in [0.15, 0.2) is 5.78 Å². The van der Waals surface area contributed by atoms with Gasteiger partial charge in [0.05, 0.1) is 5.56 Å². The van der Waals surface area contributed by atoms with Gasteiger partial charge in [-0.2, -0.15) is 5.10 Å². The third-order valence-corrected chi connectivity index (χ3v) is 7.39. The molecule has 0 aliphatic carbocycles. The number of nitrogens with two attached hydrogens (primary N) is 1. The number of aromatic amines is 1. The molecule has 9 nitrogen and oxygen atoms in total. The van der Waals surface area contributed by atoms with Crippen LogP contribution in [0.1, 0.15) is 80.4 Å². The number of Topliss-reactive ketones (excluding diaryl/α,β-unsaturated/α-hetero) is 1. The number of primary amides is 1. The molecule has 208 valence electrons. The van der Waals surface area contributed by atoms with E-state index in [9.17, 15) is 9.59 Å². The number of hydrogen-bond acceptors (Lipinski definition) is 7. The molecule has 0 spiro atoms. The molecular weight excluding hydrogens is 490 g/mol. The number of H-pyrrole nitrogens is 1. The summed E-state index contributed by atoms with van der Waals surface area (Å²) in [5.74, 6) is 0.908. The zero-order chi connectivity index (χ0) is 28.2. The number of rotatable bonds is 10. The first-order valence-corrected chi connectivity index (χ1v) is 13.9. The van der Waals surface area contributed by atoms with E-state index in [1.165, 1.54) is 0 Å². The maximum atomic E-state index is 13.0. The van der Waals surface area contributed by atoms with E-state index in [0.29, 0.717) is 30.0 Å². The van der Waals surface area contributed by atoms with E-state index < -0.39 is 5.91 Å². The second-order valence-electron chi connectivity index (χ2n) is 11.3. The first kappa shape index (κ1) is 28.1. The van der Waals surface area contributed by atoms with Gasteiger partial charge in [0, 0.05) is 55.1 Å². The summed E-state index contributed by atoms with van der Waals surface area (Å²) in [7, 11) is 0. The largest absolute Gasteiger partial charge is 0.372 e. The lowest BCUT2D eigenvalue weighted by molar-refractivity contribution is 0.0950. The molecule has 1 aromatic carbocycles. The summed E-state index contributed by atoms with van der Waals surface area (Å²) in [6, 6.07) is 13.5. The van der Waals surface area contributed by atoms with Gasteiger partial charge >= 0.3 is 0 Å². The van der Waals surface area contributed by atoms with Gasteiger partial charge in [-0.25, -0.2) is 4.98 Å². The van der Waals surface area contributed by atoms with Crippen LogP contribution in [0.4, 0.5) is 23.0 Å². The van der Waals surface area contributed by atoms with Crippen molar-refractivity contribution in [3.63, 3.8) is 0 Å². The first-order valence-electron chi connectivity index (χ1n) is 13.9. The number of pyridine rings is 1. The van der Waals surface area contributed by atoms with Crippen molar-refractivity contribution in [2.75, 3.05) is 41.3 Å². The van der Waals surface area contributed by atoms with Crippen molar-refractivity contribution >= 4 is 34.7 Å². The van der Waals surface area contributed by atoms with Gasteiger partial charge in [0.1, 0.15) is 17.3 Å². The van der Waals surface area contributed by atoms with Crippen LogP contribution in [0.3, 0.4) is 0 Å². The van der Waals surface area contributed by atoms with Crippen molar-refractivity contribution in [2.24, 2.45) is 11.7 Å². The molecule has 39 heavy (non-hydrogen) atoms. The van der Waals surface area contributed by atoms with Crippen LogP contribution in [-0.4, -0.2) is 53.1 Å². The summed E-state index contributed by atoms with van der Waals surface area (Å²) in [6.45, 7) is 13.9. The molecule has 0 radical (unpaired) electrons. The number of benzene rings is 1. The van der Waals surface area contributed by atoms with Crippen molar-refractivity contribution in [1.82, 2.24) is 15.2 Å². The first-order chi connectivity index (χ1) is 18.6. The fourth-order valence-electron chi connectivity index (χ4n) is 5.06. The second-order valence-corrected chi connectivity index (χ2v) is 11.3. The fraction of sp³-hybridized carbons (Fsp3) is 0.467. The molecule has 4 rings (SSSR count). The van der Waals surface area contributed by atoms with Crippen LogP contribution in [0.25, 0.3) is 0 Å². The number of anilines is 4. The predicted molar refractivity (Wildman–Crippen MR) is 157 cm³/mol. The topological polar surface area (TPSA) is 120 Å². The van der Waals surface area contributed by atoms with Gasteiger partial charge in [0.25, 0.3) is 5.91 Å². The molecule has 3 aromatic rings. The van der Waals surface area contributed by atoms with Crippen LogP contribution < -0.4 is 20.9 Å². The standard InChI is InChI=1S/C30H41N7O2/c1-6-36(7-2)22-12-10-21(11-13-22)32-29-23(28(31)39)14-15-27(33-29)37-16-8-9-20(19-37)17-25(38)24-18-26(35-34-24)30(3,4)5/h10-15,18,20H,6-9,16-17,19H2,1-5H3,(H2,31,39)(H,32,33)(H,34,35)/t20-/m0/s1. The fourth-order valence-corrected chi connectivity index (χ4v) is 5.06. The minimum Gasteiger partial charge on any atom is -0.372 e. The van der Waals surface area contributed by atoms with Crippen molar-refractivity contribution in [2.45, 2.75) is 59.3 Å². The smallest absolute Gasteiger partial charge is 0.252 e. The zero-order valence-corrected chi connectivity index (χ0v) is 23.8. The number of hydrogen-bond donors (Lipinski definition) is 3. The van der Waals surface area contributed by atoms with Gasteiger partial charge in [-0.05, 0) is 75.1 Å². The average Bonchev–Trinajstić information content (AvgIpc) is 3.42. The Morgan fingerprint density at radius 3 is 2.46 bits per heavy atom. The normalized spacial score (nSPS) is 15.7. The Balaban J connectivity index is 1.48. The lowest BCUT2D eigenvalue weighted by Crippen LogP contribution is -2.37. The van der Waals surface area contributed by atoms with Crippen LogP contribution >= 0.6 is 0 Å². The maximum absolute atomic E-state index is 13.0. The highest BCUT2D eigenvalue weighted by Gasteiger charge is 2.26. The Morgan fingerprint density at radius 1 is 1.13 bits per heavy atom. The van der Waals surface area contributed by atoms with E-state index in [1.54, 1.807) is 6.07 Å². The summed E-state index contributed by atoms with van der Waals surface area (Å²) in [5, 5.41) is 10.6. The van der Waals surface area contributed by atoms with Crippen molar-refractivity contribution in [3.8, 4) is 0 Å². The SMILES string of the molecule is CCN(CC)c1ccc(Nc2nc(N3CCC[C@@H](CC(=O)c4cc(C(C)(C)C)[nH]n4)C3)ccc2C(N)=O)cc1. The molecule has 1 amide bonds. The molecule has 1 aliphatic rings. The van der Waals surface area contributed by atoms with E-state index in [-0.39, 0.29) is 17.1 Å². The quantitative estimate of drug-likeness (QED) is 0.304. The van der Waals surface area contributed by atoms with Gasteiger partial charge in [-0.1, -0.05) is 20.8 Å². The number of amides is 1. The van der Waals surface area contributed by atoms with Crippen LogP contribution in [-0.2, 0) is 5.41 Å². The van der Waals surface area contributed by atoms with Gasteiger partial charge in [0.2, 0.25) is 0 Å². The second kappa shape index (κ2) is 11.9. The minimum absolute atomic E-state index is 0.0566. The van der Waals surface area contributed by atoms with Crippen LogP contribution in [0.5, 0.6) is 0 Å². The van der Waals surface area contributed by atoms with Crippen molar-refractivity contribution in [3.05, 3.63) is 59.4 Å². The van der Waals surface area contributed by atoms with E-state index >= 15 is 0 Å². The zero-order valence-electron chi connectivity index (χ0n) is 23.8. The molecule has 0 bridgehead atoms. The minimum atomic E-state index is -0.535. The molecule has 2 aromatic heterocycles. The Bertz CT molecular complexity index is 1290. The maximum Gasteiger partial charge on any atom is 0.252 e. The Morgan fingerprint density at radius 2 is 1.85 bits per heavy atom. The van der Waals surface area contributed by atoms with Crippen LogP contribution in [0, 0.1) is 5.92 Å². The third-order valence-electron chi connectivity index (χ3n) is 7.39. The van der Waals surface area contributed by atoms with E-state index in [2.05, 4.69) is 72.1 Å². The van der Waals surface area contributed by atoms with Crippen molar-refractivity contribution < 1.29 is 9.59 Å². The predicted octanol–water partition coefficient (Wildman–Crippen LogP) is 5.28. The molecule has 4 N–H and O–H groups in total. The summed E-state index contributed by atoms with van der Waals surface area (Å²) in [6.07, 6.45) is 2.37. The lowest BCUT2D eigenvalue weighted by Gasteiger charge is -2.33. The molecule has 1 aliphatic heterocycles. The molecule has 0 saturated carbocycles. The van der Waals surface area contributed by atoms with Crippen molar-refractivity contribution in [1.29, 1.82) is 0 Å². The summed E-state index contributed by atoms with van der Waals surface area (Å²) in [4.78, 5) is 34.4. The number of nitrogens with zero attached hydrogens (tertiary/aromatic N) is 4. The molecule has 1 saturated heterocycles. The summed E-state index contributed by atoms with van der Waals surface area (Å²) in [5.41, 5.74) is 9.34. The molecule has 1 atom stereocenters. The number of carbonyl (C=O) groups is 2. The Hall–Kier alpha value is -3.88. The summed E-state index contributed by atoms with van der Waals surface area (Å²) < 4.78 is 0. The highest BCUT2D eigenvalue weighted by molar-refractivity contribution is 5.98. The van der Waals surface area contributed by atoms with Gasteiger partial charge in [-0.3, -0.25) is 14.7 Å². The van der Waals surface area contributed by atoms with Crippen LogP contribution in [0.15, 0.2) is 42.5 Å². The number of piperidine rings is 1. The Labute approximate surface area is 231 Å². The molecule has 0 unspecified atom stereocenters. The highest BCUT2D eigenvalue weighted by atomic mass is 16.1. The number of nitrogens with one attached hydrogen (secondary N) is 2. The Kier molecular flexibility index (Phi) is 8.57. The van der Waals surface area contributed by atoms with Crippen LogP contribution in [0.2, 0.25) is 0 Å². The third kappa shape index (κ3) is 6.77. The van der Waals surface area contributed by atoms with Gasteiger partial charge in [-0.15, -0.1) is 0 Å².